The van der Waals surface area contributed by atoms with Crippen molar-refractivity contribution >= 4 is 182 Å². The van der Waals surface area contributed by atoms with Gasteiger partial charge in [-0.15, -0.1) is 45.3 Å². The molecule has 54 heteroatoms. The standard InChI is InChI=1S/C18H24N4O9S.C18H24N4O8S.C17H22N4O9S.C17H22N4O8S/c1-8(25)12(5-23)31-22-15(27)9(18(22,2)3)4-11(26)14(10-7-32-17(19)20-10)21-30-13(6-24)16(28)29;1-8(24)13(6-23)30-22-15(26)10(18(22,3)4)5-12(25)14(11-7-31-17(19)20-11)21-29-9(2)16(27)28;1-8(24)12(4-22)30-21-15(28)9(17(21,2)7-23)3-11(25)14(20-29-5-13(26)27)10-6-31-16(18)19-10;1-8(23)12(5-22)29-21-15(27)9(17(21,2)3)4-11(24)14(20-28-6-13(25)26)10-7-30-16(18)19-10/h7,9,12-13,23-24H,4-6H2,1-3H3,(H2,19,20)(H,28,29);7,9-10,13,23H,5-6H2,1-4H3,(H2,19,20)(H,27,28);6,9,12,22-23H,3-5,7H2,1-2H3,(H2,18,19)(H,26,27);7,9,12,22H,4-6H2,1-3H3,(H2,18,19)(H,25,26)/b2*21-14-;2*20-14-/t9-,12?,13?;9?,10-,13?;9-,12?,17?;9-,12?/m1111/s1. The Morgan fingerprint density at radius 2 is 0.645 bits per heavy atom. The summed E-state index contributed by atoms with van der Waals surface area (Å²) in [5.74, 6) is -15.8. The lowest BCUT2D eigenvalue weighted by Crippen LogP contribution is -2.72. The van der Waals surface area contributed by atoms with Gasteiger partial charge in [-0.2, -0.15) is 0 Å². The fourth-order valence-corrected chi connectivity index (χ4v) is 13.4. The summed E-state index contributed by atoms with van der Waals surface area (Å²) in [6.45, 7) is 11.7. The number of anilines is 4. The van der Waals surface area contributed by atoms with E-state index in [-0.39, 0.29) is 85.4 Å². The van der Waals surface area contributed by atoms with Gasteiger partial charge in [-0.1, -0.05) is 20.6 Å². The minimum absolute atomic E-state index is 0.0224. The van der Waals surface area contributed by atoms with E-state index in [1.165, 1.54) is 63.1 Å². The highest BCUT2D eigenvalue weighted by Crippen LogP contribution is 2.45. The Morgan fingerprint density at radius 3 is 0.863 bits per heavy atom. The molecular weight excluding hydrogens is 1740 g/mol. The van der Waals surface area contributed by atoms with Gasteiger partial charge in [-0.25, -0.2) is 59.4 Å². The summed E-state index contributed by atoms with van der Waals surface area (Å²) >= 11 is 4.13. The van der Waals surface area contributed by atoms with Crippen LogP contribution < -0.4 is 22.9 Å². The number of Topliss-reactive ketones (excluding diaryl/α,β-unsaturated/α-hetero) is 8. The van der Waals surface area contributed by atoms with E-state index >= 15 is 0 Å². The number of aliphatic carboxylic acids is 4. The second-order valence-electron chi connectivity index (χ2n) is 28.9. The Hall–Kier alpha value is -11.7. The van der Waals surface area contributed by atoms with E-state index < -0.39 is 235 Å². The van der Waals surface area contributed by atoms with Crippen molar-refractivity contribution in [3.8, 4) is 0 Å². The van der Waals surface area contributed by atoms with E-state index in [4.69, 9.17) is 77.5 Å². The number of hydrogen-bond acceptors (Lipinski definition) is 46. The van der Waals surface area contributed by atoms with Gasteiger partial charge in [0.05, 0.1) is 79.9 Å². The highest BCUT2D eigenvalue weighted by Gasteiger charge is 2.62. The number of carbonyl (C=O) groups excluding carboxylic acids is 12. The van der Waals surface area contributed by atoms with E-state index in [0.717, 1.165) is 65.6 Å². The highest BCUT2D eigenvalue weighted by molar-refractivity contribution is 7.14. The summed E-state index contributed by atoms with van der Waals surface area (Å²) in [5, 5.41) is 115. The third-order valence-electron chi connectivity index (χ3n) is 18.8. The van der Waals surface area contributed by atoms with Gasteiger partial charge in [0, 0.05) is 47.2 Å². The molecule has 4 aliphatic heterocycles. The average Bonchev–Trinajstić information content (AvgIpc) is 0.967. The fraction of sp³-hybridized carbons (Fsp3) is 0.543. The molecule has 0 saturated carbocycles. The van der Waals surface area contributed by atoms with E-state index in [0.29, 0.717) is 0 Å². The molecule has 4 aliphatic rings. The normalized spacial score (nSPS) is 20.3. The van der Waals surface area contributed by atoms with Gasteiger partial charge in [0.15, 0.2) is 114 Å². The number of thiazole rings is 4. The smallest absolute Gasteiger partial charge is 0.350 e. The maximum atomic E-state index is 13.0. The zero-order valence-electron chi connectivity index (χ0n) is 68.1. The van der Waals surface area contributed by atoms with E-state index in [1.807, 2.05) is 0 Å². The molecule has 8 heterocycles. The van der Waals surface area contributed by atoms with Crippen LogP contribution in [0.5, 0.6) is 0 Å². The van der Waals surface area contributed by atoms with Gasteiger partial charge in [0.1, 0.15) is 28.3 Å². The maximum Gasteiger partial charge on any atom is 0.350 e. The third kappa shape index (κ3) is 25.5. The van der Waals surface area contributed by atoms with Crippen LogP contribution in [0.15, 0.2) is 42.1 Å². The second-order valence-corrected chi connectivity index (χ2v) is 32.4. The van der Waals surface area contributed by atoms with Gasteiger partial charge < -0.3 is 93.4 Å². The predicted molar refractivity (Wildman–Crippen MR) is 425 cm³/mol. The molecule has 18 N–H and O–H groups in total. The number of rotatable bonds is 46. The van der Waals surface area contributed by atoms with Crippen LogP contribution in [0.25, 0.3) is 0 Å². The molecule has 124 heavy (non-hydrogen) atoms. The van der Waals surface area contributed by atoms with Crippen molar-refractivity contribution in [2.75, 3.05) is 75.8 Å². The van der Waals surface area contributed by atoms with Crippen LogP contribution in [0.1, 0.15) is 132 Å². The number of ketones is 8. The number of aliphatic hydroxyl groups excluding tert-OH is 6. The molecule has 0 radical (unpaired) electrons. The molecule has 4 fully saturated rings. The molecule has 50 nitrogen and oxygen atoms in total. The van der Waals surface area contributed by atoms with Gasteiger partial charge in [0.2, 0.25) is 25.4 Å². The number of nitrogen functional groups attached to an aromatic ring is 4. The van der Waals surface area contributed by atoms with Crippen molar-refractivity contribution in [1.82, 2.24) is 40.2 Å². The number of β-lactam (4-membered cyclic amide) rings is 4. The monoisotopic (exact) mass is 1830 g/mol. The molecule has 0 aromatic carbocycles. The Balaban J connectivity index is 0.000000294. The minimum atomic E-state index is -1.71. The number of oxime groups is 4. The van der Waals surface area contributed by atoms with Gasteiger partial charge >= 0.3 is 23.9 Å². The van der Waals surface area contributed by atoms with Crippen LogP contribution in [0.3, 0.4) is 0 Å². The SMILES string of the molecule is CC(=O)C(CO)ON1C(=O)[C@@H](CC(=O)/C(=N\OC(C)C(=O)O)c2csc(N)n2)C1(C)C.CC(=O)C(CO)ON1C(=O)[C@@H](CC(=O)/C(=N\OC(CO)C(=O)O)c2csc(N)n2)C1(C)C.CC(=O)C(CO)ON1C(=O)[C@@H](CC(=O)/C(=N\OCC(=O)O)c2csc(N)n2)C1(C)C.CC(=O)C(CO)ON1C(=O)[C@@H](CC(=O)/C(=N\OCC(=O)O)c2csc(N)n2)C1(C)CO. The summed E-state index contributed by atoms with van der Waals surface area (Å²) in [4.78, 5) is 247. The highest BCUT2D eigenvalue weighted by atomic mass is 32.1. The van der Waals surface area contributed by atoms with E-state index in [2.05, 4.69) is 50.2 Å². The lowest BCUT2D eigenvalue weighted by atomic mass is 9.73. The van der Waals surface area contributed by atoms with Crippen LogP contribution >= 0.6 is 45.3 Å². The summed E-state index contributed by atoms with van der Waals surface area (Å²) < 4.78 is 0. The van der Waals surface area contributed by atoms with Crippen molar-refractivity contribution < 1.29 is 166 Å². The number of carboxylic acids is 4. The number of hydroxylamine groups is 8. The number of aromatic nitrogens is 4. The number of carboxylic acid groups (broad SMARTS) is 4. The summed E-state index contributed by atoms with van der Waals surface area (Å²) in [7, 11) is 0. The van der Waals surface area contributed by atoms with Crippen molar-refractivity contribution in [3.63, 3.8) is 0 Å². The summed E-state index contributed by atoms with van der Waals surface area (Å²) in [6.07, 6.45) is -9.30. The van der Waals surface area contributed by atoms with E-state index in [9.17, 15) is 102 Å². The number of amides is 4. The van der Waals surface area contributed by atoms with Crippen molar-refractivity contribution in [3.05, 3.63) is 44.3 Å². The molecule has 0 bridgehead atoms. The van der Waals surface area contributed by atoms with Gasteiger partial charge in [-0.3, -0.25) is 76.9 Å². The first-order valence-electron chi connectivity index (χ1n) is 36.3. The molecular formula is C70H92N16O34S4. The summed E-state index contributed by atoms with van der Waals surface area (Å²) in [6, 6.07) is 0. The molecule has 680 valence electrons. The molecule has 4 aromatic rings. The van der Waals surface area contributed by atoms with Gasteiger partial charge in [-0.05, 0) is 83.1 Å². The number of nitrogens with two attached hydrogens (primary N) is 4. The van der Waals surface area contributed by atoms with Crippen LogP contribution in [-0.2, 0) is 115 Å². The van der Waals surface area contributed by atoms with E-state index in [1.54, 1.807) is 41.5 Å². The van der Waals surface area contributed by atoms with Crippen LogP contribution in [0, 0.1) is 23.7 Å². The fourth-order valence-electron chi connectivity index (χ4n) is 11.3. The van der Waals surface area contributed by atoms with Crippen molar-refractivity contribution in [1.29, 1.82) is 0 Å². The quantitative estimate of drug-likeness (QED) is 0.0120. The molecule has 0 aliphatic carbocycles. The van der Waals surface area contributed by atoms with Crippen LogP contribution in [0.4, 0.5) is 20.5 Å². The Kier molecular flexibility index (Phi) is 37.0. The Morgan fingerprint density at radius 1 is 0.395 bits per heavy atom. The lowest BCUT2D eigenvalue weighted by Gasteiger charge is -2.53. The maximum absolute atomic E-state index is 13.0. The molecule has 0 spiro atoms. The first-order valence-corrected chi connectivity index (χ1v) is 39.8. The number of hydrogen-bond donors (Lipinski definition) is 14. The second kappa shape index (κ2) is 44.6. The third-order valence-corrected chi connectivity index (χ3v) is 21.5. The molecule has 4 saturated heterocycles. The van der Waals surface area contributed by atoms with Crippen molar-refractivity contribution in [2.45, 2.75) is 168 Å². The largest absolute Gasteiger partial charge is 0.479 e. The molecule has 7 unspecified atom stereocenters. The summed E-state index contributed by atoms with van der Waals surface area (Å²) in [5.41, 5.74) is 17.1. The van der Waals surface area contributed by atoms with Crippen LogP contribution in [-0.4, -0.2) is 320 Å². The molecule has 4 amide bonds. The molecule has 11 atom stereocenters. The Labute approximate surface area is 717 Å². The van der Waals surface area contributed by atoms with Crippen molar-refractivity contribution in [2.24, 2.45) is 44.3 Å². The minimum Gasteiger partial charge on any atom is -0.479 e. The molecule has 4 aromatic heterocycles. The first kappa shape index (κ1) is 103. The van der Waals surface area contributed by atoms with Crippen LogP contribution in [0.2, 0.25) is 0 Å². The topological polar surface area (TPSA) is 767 Å². The predicted octanol–water partition coefficient (Wildman–Crippen LogP) is -2.85. The number of aliphatic hydroxyl groups is 6. The molecule has 8 rings (SSSR count). The van der Waals surface area contributed by atoms with Gasteiger partial charge in [0.25, 0.3) is 23.6 Å². The average molecular weight is 1830 g/mol. The zero-order chi connectivity index (χ0) is 93.7. The first-order chi connectivity index (χ1) is 57.9. The zero-order valence-corrected chi connectivity index (χ0v) is 71.4. The Bertz CT molecular complexity index is 4790. The number of nitrogens with zero attached hydrogens (tertiary/aromatic N) is 12. The number of carbonyl (C=O) groups is 16. The lowest BCUT2D eigenvalue weighted by molar-refractivity contribution is -0.294.